The highest BCUT2D eigenvalue weighted by Crippen LogP contribution is 2.24. The number of aromatic nitrogens is 1. The fourth-order valence-corrected chi connectivity index (χ4v) is 2.18. The van der Waals surface area contributed by atoms with Crippen molar-refractivity contribution in [2.24, 2.45) is 0 Å². The van der Waals surface area contributed by atoms with Gasteiger partial charge in [-0.25, -0.2) is 0 Å². The molecule has 0 fully saturated rings. The van der Waals surface area contributed by atoms with E-state index in [1.807, 2.05) is 26.0 Å². The first-order valence-corrected chi connectivity index (χ1v) is 5.98. The topological polar surface area (TPSA) is 68.0 Å². The SMILES string of the molecule is Cc1ccc(NC(=O)c2cc(N)c(C)s2)cn1. The molecular formula is C12H13N3OS. The Hall–Kier alpha value is -1.88. The van der Waals surface area contributed by atoms with Gasteiger partial charge in [0.15, 0.2) is 0 Å². The molecule has 0 radical (unpaired) electrons. The van der Waals surface area contributed by atoms with Crippen LogP contribution < -0.4 is 11.1 Å². The van der Waals surface area contributed by atoms with Crippen molar-refractivity contribution in [2.75, 3.05) is 11.1 Å². The Morgan fingerprint density at radius 3 is 2.71 bits per heavy atom. The van der Waals surface area contributed by atoms with Crippen LogP contribution in [0.1, 0.15) is 20.2 Å². The van der Waals surface area contributed by atoms with Crippen molar-refractivity contribution < 1.29 is 4.79 Å². The molecule has 2 aromatic heterocycles. The number of hydrogen-bond acceptors (Lipinski definition) is 4. The molecule has 3 N–H and O–H groups in total. The van der Waals surface area contributed by atoms with Gasteiger partial charge >= 0.3 is 0 Å². The molecule has 0 atom stereocenters. The highest BCUT2D eigenvalue weighted by molar-refractivity contribution is 7.14. The van der Waals surface area contributed by atoms with Crippen molar-refractivity contribution in [2.45, 2.75) is 13.8 Å². The van der Waals surface area contributed by atoms with Gasteiger partial charge in [0.2, 0.25) is 0 Å². The Balaban J connectivity index is 2.14. The smallest absolute Gasteiger partial charge is 0.265 e. The van der Waals surface area contributed by atoms with Gasteiger partial charge in [-0.15, -0.1) is 11.3 Å². The Morgan fingerprint density at radius 1 is 1.41 bits per heavy atom. The van der Waals surface area contributed by atoms with Gasteiger partial charge in [0.05, 0.1) is 16.8 Å². The zero-order valence-corrected chi connectivity index (χ0v) is 10.5. The molecule has 0 saturated carbocycles. The summed E-state index contributed by atoms with van der Waals surface area (Å²) in [6.45, 7) is 3.79. The van der Waals surface area contributed by atoms with Crippen molar-refractivity contribution in [3.8, 4) is 0 Å². The second-order valence-electron chi connectivity index (χ2n) is 3.76. The summed E-state index contributed by atoms with van der Waals surface area (Å²) in [6.07, 6.45) is 1.64. The van der Waals surface area contributed by atoms with Crippen LogP contribution in [0.3, 0.4) is 0 Å². The first-order chi connectivity index (χ1) is 8.06. The molecule has 1 amide bonds. The monoisotopic (exact) mass is 247 g/mol. The minimum absolute atomic E-state index is 0.152. The number of carbonyl (C=O) groups is 1. The molecule has 0 bridgehead atoms. The number of nitrogens with one attached hydrogen (secondary N) is 1. The van der Waals surface area contributed by atoms with Gasteiger partial charge < -0.3 is 11.1 Å². The van der Waals surface area contributed by atoms with E-state index in [1.165, 1.54) is 11.3 Å². The fraction of sp³-hybridized carbons (Fsp3) is 0.167. The summed E-state index contributed by atoms with van der Waals surface area (Å²) in [5.41, 5.74) is 7.97. The minimum Gasteiger partial charge on any atom is -0.398 e. The number of nitrogen functional groups attached to an aromatic ring is 1. The standard InChI is InChI=1S/C12H13N3OS/c1-7-3-4-9(6-14-7)15-12(16)11-5-10(13)8(2)17-11/h3-6H,13H2,1-2H3,(H,15,16). The van der Waals surface area contributed by atoms with E-state index in [1.54, 1.807) is 12.3 Å². The maximum absolute atomic E-state index is 11.9. The molecule has 0 aliphatic rings. The van der Waals surface area contributed by atoms with Crippen molar-refractivity contribution in [1.29, 1.82) is 0 Å². The van der Waals surface area contributed by atoms with Gasteiger partial charge in [-0.3, -0.25) is 9.78 Å². The summed E-state index contributed by atoms with van der Waals surface area (Å²) in [5.74, 6) is -0.152. The average molecular weight is 247 g/mol. The molecule has 0 saturated heterocycles. The van der Waals surface area contributed by atoms with Gasteiger partial charge in [-0.1, -0.05) is 0 Å². The summed E-state index contributed by atoms with van der Waals surface area (Å²) in [4.78, 5) is 17.6. The zero-order valence-electron chi connectivity index (χ0n) is 9.65. The van der Waals surface area contributed by atoms with Gasteiger partial charge in [0, 0.05) is 16.3 Å². The number of amides is 1. The second kappa shape index (κ2) is 4.55. The Morgan fingerprint density at radius 2 is 2.18 bits per heavy atom. The third kappa shape index (κ3) is 2.62. The lowest BCUT2D eigenvalue weighted by Crippen LogP contribution is -2.10. The third-order valence-corrected chi connectivity index (χ3v) is 3.41. The first kappa shape index (κ1) is 11.6. The number of nitrogens with two attached hydrogens (primary N) is 1. The van der Waals surface area contributed by atoms with E-state index in [0.29, 0.717) is 16.3 Å². The van der Waals surface area contributed by atoms with Crippen molar-refractivity contribution in [3.05, 3.63) is 39.8 Å². The molecule has 0 spiro atoms. The van der Waals surface area contributed by atoms with Crippen LogP contribution in [0.5, 0.6) is 0 Å². The summed E-state index contributed by atoms with van der Waals surface area (Å²) in [7, 11) is 0. The molecule has 5 heteroatoms. The molecule has 2 rings (SSSR count). The average Bonchev–Trinajstić information content (AvgIpc) is 2.63. The van der Waals surface area contributed by atoms with Crippen LogP contribution in [-0.4, -0.2) is 10.9 Å². The van der Waals surface area contributed by atoms with Crippen molar-refractivity contribution in [3.63, 3.8) is 0 Å². The van der Waals surface area contributed by atoms with Gasteiger partial charge in [0.25, 0.3) is 5.91 Å². The summed E-state index contributed by atoms with van der Waals surface area (Å²) in [6, 6.07) is 5.37. The molecule has 0 unspecified atom stereocenters. The Labute approximate surface area is 103 Å². The highest BCUT2D eigenvalue weighted by atomic mass is 32.1. The predicted octanol–water partition coefficient (Wildman–Crippen LogP) is 2.59. The summed E-state index contributed by atoms with van der Waals surface area (Å²) < 4.78 is 0. The lowest BCUT2D eigenvalue weighted by atomic mass is 10.3. The number of thiophene rings is 1. The molecule has 88 valence electrons. The van der Waals surface area contributed by atoms with Crippen molar-refractivity contribution >= 4 is 28.6 Å². The van der Waals surface area contributed by atoms with Crippen LogP contribution in [0, 0.1) is 13.8 Å². The van der Waals surface area contributed by atoms with Gasteiger partial charge in [-0.2, -0.15) is 0 Å². The number of pyridine rings is 1. The summed E-state index contributed by atoms with van der Waals surface area (Å²) in [5, 5.41) is 2.78. The first-order valence-electron chi connectivity index (χ1n) is 5.16. The van der Waals surface area contributed by atoms with Crippen LogP contribution in [0.2, 0.25) is 0 Å². The van der Waals surface area contributed by atoms with E-state index in [-0.39, 0.29) is 5.91 Å². The van der Waals surface area contributed by atoms with Crippen LogP contribution in [0.15, 0.2) is 24.4 Å². The predicted molar refractivity (Wildman–Crippen MR) is 70.4 cm³/mol. The number of aryl methyl sites for hydroxylation is 2. The molecule has 0 aliphatic carbocycles. The van der Waals surface area contributed by atoms with E-state index >= 15 is 0 Å². The van der Waals surface area contributed by atoms with Crippen molar-refractivity contribution in [1.82, 2.24) is 4.98 Å². The number of carbonyl (C=O) groups excluding carboxylic acids is 1. The lowest BCUT2D eigenvalue weighted by molar-refractivity contribution is 0.103. The quantitative estimate of drug-likeness (QED) is 0.857. The van der Waals surface area contributed by atoms with Crippen LogP contribution in [0.25, 0.3) is 0 Å². The molecule has 2 aromatic rings. The normalized spacial score (nSPS) is 10.2. The fourth-order valence-electron chi connectivity index (χ4n) is 1.34. The van der Waals surface area contributed by atoms with E-state index in [4.69, 9.17) is 5.73 Å². The van der Waals surface area contributed by atoms with Gasteiger partial charge in [-0.05, 0) is 32.0 Å². The number of rotatable bonds is 2. The van der Waals surface area contributed by atoms with E-state index < -0.39 is 0 Å². The van der Waals surface area contributed by atoms with E-state index in [0.717, 1.165) is 10.6 Å². The molecule has 17 heavy (non-hydrogen) atoms. The minimum atomic E-state index is -0.152. The zero-order chi connectivity index (χ0) is 12.4. The largest absolute Gasteiger partial charge is 0.398 e. The number of anilines is 2. The molecular weight excluding hydrogens is 234 g/mol. The van der Waals surface area contributed by atoms with E-state index in [2.05, 4.69) is 10.3 Å². The maximum atomic E-state index is 11.9. The number of hydrogen-bond donors (Lipinski definition) is 2. The maximum Gasteiger partial charge on any atom is 0.265 e. The number of nitrogens with zero attached hydrogens (tertiary/aromatic N) is 1. The van der Waals surface area contributed by atoms with Crippen LogP contribution in [0.4, 0.5) is 11.4 Å². The van der Waals surface area contributed by atoms with Crippen LogP contribution in [-0.2, 0) is 0 Å². The lowest BCUT2D eigenvalue weighted by Gasteiger charge is -2.02. The second-order valence-corrected chi connectivity index (χ2v) is 5.02. The molecule has 4 nitrogen and oxygen atoms in total. The highest BCUT2D eigenvalue weighted by Gasteiger charge is 2.11. The molecule has 0 aliphatic heterocycles. The molecule has 2 heterocycles. The van der Waals surface area contributed by atoms with E-state index in [9.17, 15) is 4.79 Å². The third-order valence-electron chi connectivity index (χ3n) is 2.35. The molecule has 0 aromatic carbocycles. The Kier molecular flexibility index (Phi) is 3.10. The summed E-state index contributed by atoms with van der Waals surface area (Å²) >= 11 is 1.39. The van der Waals surface area contributed by atoms with Crippen LogP contribution >= 0.6 is 11.3 Å². The Bertz CT molecular complexity index is 526. The van der Waals surface area contributed by atoms with Gasteiger partial charge in [0.1, 0.15) is 0 Å².